The van der Waals surface area contributed by atoms with E-state index in [0.29, 0.717) is 36.4 Å². The lowest BCUT2D eigenvalue weighted by molar-refractivity contribution is 0.152. The standard InChI is InChI=1S/C25H25FN6O/c1-16-14-32(11-10-21(16)30(2)15-17-4-6-18(26)7-5-17)24-20(13-28)25(33)31(3)22-9-8-19(12-27)29-23(22)24/h4-9,16,21H,10-11,14-15H2,1-3H3/t16-,21+/m1/s1. The Bertz CT molecular complexity index is 1330. The van der Waals surface area contributed by atoms with Crippen molar-refractivity contribution in [2.75, 3.05) is 25.0 Å². The van der Waals surface area contributed by atoms with Gasteiger partial charge in [0.15, 0.2) is 0 Å². The molecule has 0 bridgehead atoms. The first-order valence-electron chi connectivity index (χ1n) is 10.9. The van der Waals surface area contributed by atoms with Gasteiger partial charge in [0.1, 0.15) is 34.7 Å². The lowest BCUT2D eigenvalue weighted by atomic mass is 9.91. The summed E-state index contributed by atoms with van der Waals surface area (Å²) in [6.45, 7) is 4.16. The normalized spacial score (nSPS) is 18.3. The van der Waals surface area contributed by atoms with Crippen LogP contribution in [0.2, 0.25) is 0 Å². The summed E-state index contributed by atoms with van der Waals surface area (Å²) in [6, 6.07) is 14.3. The van der Waals surface area contributed by atoms with E-state index in [2.05, 4.69) is 34.8 Å². The Morgan fingerprint density at radius 2 is 1.91 bits per heavy atom. The number of rotatable bonds is 4. The van der Waals surface area contributed by atoms with Crippen molar-refractivity contribution in [1.29, 1.82) is 10.5 Å². The van der Waals surface area contributed by atoms with Gasteiger partial charge in [-0.05, 0) is 49.2 Å². The van der Waals surface area contributed by atoms with E-state index in [0.717, 1.165) is 12.0 Å². The summed E-state index contributed by atoms with van der Waals surface area (Å²) < 4.78 is 14.6. The van der Waals surface area contributed by atoms with Gasteiger partial charge in [-0.3, -0.25) is 9.69 Å². The molecule has 3 aromatic rings. The zero-order valence-electron chi connectivity index (χ0n) is 18.9. The molecule has 0 radical (unpaired) electrons. The van der Waals surface area contributed by atoms with Gasteiger partial charge in [-0.25, -0.2) is 9.37 Å². The molecule has 1 aliphatic heterocycles. The van der Waals surface area contributed by atoms with Crippen LogP contribution in [0.4, 0.5) is 10.1 Å². The predicted molar refractivity (Wildman–Crippen MR) is 124 cm³/mol. The van der Waals surface area contributed by atoms with Gasteiger partial charge in [0.2, 0.25) is 0 Å². The number of nitriles is 2. The van der Waals surface area contributed by atoms with Crippen molar-refractivity contribution in [2.24, 2.45) is 13.0 Å². The number of nitrogens with zero attached hydrogens (tertiary/aromatic N) is 6. The maximum Gasteiger partial charge on any atom is 0.270 e. The first-order valence-corrected chi connectivity index (χ1v) is 10.9. The molecule has 2 atom stereocenters. The van der Waals surface area contributed by atoms with E-state index in [1.807, 2.05) is 6.07 Å². The molecule has 0 unspecified atom stereocenters. The molecule has 0 spiro atoms. The average molecular weight is 445 g/mol. The number of fused-ring (bicyclic) bond motifs is 1. The van der Waals surface area contributed by atoms with Crippen LogP contribution in [0.15, 0.2) is 41.2 Å². The van der Waals surface area contributed by atoms with E-state index in [9.17, 15) is 19.7 Å². The van der Waals surface area contributed by atoms with Gasteiger partial charge in [-0.2, -0.15) is 10.5 Å². The molecule has 0 saturated carbocycles. The summed E-state index contributed by atoms with van der Waals surface area (Å²) >= 11 is 0. The monoisotopic (exact) mass is 444 g/mol. The summed E-state index contributed by atoms with van der Waals surface area (Å²) in [5.74, 6) is -0.000213. The Balaban J connectivity index is 1.65. The molecular weight excluding hydrogens is 419 g/mol. The van der Waals surface area contributed by atoms with Gasteiger partial charge < -0.3 is 9.47 Å². The Morgan fingerprint density at radius 1 is 1.18 bits per heavy atom. The predicted octanol–water partition coefficient (Wildman–Crippen LogP) is 3.16. The third kappa shape index (κ3) is 4.18. The van der Waals surface area contributed by atoms with Crippen LogP contribution in [0, 0.1) is 34.4 Å². The van der Waals surface area contributed by atoms with Gasteiger partial charge in [0.05, 0.1) is 11.2 Å². The smallest absolute Gasteiger partial charge is 0.270 e. The summed E-state index contributed by atoms with van der Waals surface area (Å²) in [5.41, 5.74) is 2.58. The SMILES string of the molecule is C[C@@H]1CN(c2c(C#N)c(=O)n(C)c3ccc(C#N)nc23)CC[C@@H]1N(C)Cc1ccc(F)cc1. The molecule has 1 fully saturated rings. The molecule has 3 heterocycles. The minimum Gasteiger partial charge on any atom is -0.368 e. The highest BCUT2D eigenvalue weighted by molar-refractivity contribution is 5.92. The molecule has 1 saturated heterocycles. The van der Waals surface area contributed by atoms with Gasteiger partial charge in [0.25, 0.3) is 5.56 Å². The number of piperidine rings is 1. The Kier molecular flexibility index (Phi) is 6.13. The van der Waals surface area contributed by atoms with Crippen LogP contribution in [-0.2, 0) is 13.6 Å². The zero-order valence-corrected chi connectivity index (χ0v) is 18.9. The molecule has 1 aliphatic rings. The van der Waals surface area contributed by atoms with Gasteiger partial charge in [0, 0.05) is 32.7 Å². The van der Waals surface area contributed by atoms with E-state index >= 15 is 0 Å². The van der Waals surface area contributed by atoms with Crippen LogP contribution in [-0.4, -0.2) is 40.6 Å². The number of aryl methyl sites for hydroxylation is 1. The number of anilines is 1. The molecular formula is C25H25FN6O. The topological polar surface area (TPSA) is 88.9 Å². The molecule has 0 amide bonds. The Labute approximate surface area is 191 Å². The number of pyridine rings is 2. The molecule has 8 heteroatoms. The van der Waals surface area contributed by atoms with Crippen LogP contribution in [0.25, 0.3) is 11.0 Å². The fourth-order valence-electron chi connectivity index (χ4n) is 4.85. The van der Waals surface area contributed by atoms with Crippen LogP contribution < -0.4 is 10.5 Å². The third-order valence-electron chi connectivity index (χ3n) is 6.53. The molecule has 33 heavy (non-hydrogen) atoms. The van der Waals surface area contributed by atoms with E-state index in [4.69, 9.17) is 0 Å². The highest BCUT2D eigenvalue weighted by Gasteiger charge is 2.32. The maximum atomic E-state index is 13.2. The molecule has 1 aromatic carbocycles. The van der Waals surface area contributed by atoms with Crippen LogP contribution >= 0.6 is 0 Å². The summed E-state index contributed by atoms with van der Waals surface area (Å²) in [4.78, 5) is 21.7. The quantitative estimate of drug-likeness (QED) is 0.614. The first-order chi connectivity index (χ1) is 15.8. The molecule has 0 N–H and O–H groups in total. The third-order valence-corrected chi connectivity index (χ3v) is 6.53. The molecule has 4 rings (SSSR count). The van der Waals surface area contributed by atoms with Crippen molar-refractivity contribution in [1.82, 2.24) is 14.5 Å². The average Bonchev–Trinajstić information content (AvgIpc) is 2.82. The minimum atomic E-state index is -0.366. The van der Waals surface area contributed by atoms with Crippen LogP contribution in [0.1, 0.15) is 30.2 Å². The highest BCUT2D eigenvalue weighted by Crippen LogP contribution is 2.32. The van der Waals surface area contributed by atoms with Gasteiger partial charge in [-0.1, -0.05) is 19.1 Å². The van der Waals surface area contributed by atoms with Crippen molar-refractivity contribution < 1.29 is 4.39 Å². The summed E-state index contributed by atoms with van der Waals surface area (Å²) in [5, 5.41) is 19.1. The summed E-state index contributed by atoms with van der Waals surface area (Å²) in [7, 11) is 3.68. The fraction of sp³-hybridized carbons (Fsp3) is 0.360. The van der Waals surface area contributed by atoms with Crippen LogP contribution in [0.5, 0.6) is 0 Å². The van der Waals surface area contributed by atoms with Crippen LogP contribution in [0.3, 0.4) is 0 Å². The van der Waals surface area contributed by atoms with E-state index in [-0.39, 0.29) is 34.6 Å². The number of hydrogen-bond donors (Lipinski definition) is 0. The number of aromatic nitrogens is 2. The second kappa shape index (κ2) is 9.01. The second-order valence-corrected chi connectivity index (χ2v) is 8.70. The fourth-order valence-corrected chi connectivity index (χ4v) is 4.85. The molecule has 2 aromatic heterocycles. The minimum absolute atomic E-state index is 0.0536. The van der Waals surface area contributed by atoms with E-state index in [1.54, 1.807) is 31.3 Å². The largest absolute Gasteiger partial charge is 0.368 e. The maximum absolute atomic E-state index is 13.2. The van der Waals surface area contributed by atoms with E-state index < -0.39 is 0 Å². The molecule has 0 aliphatic carbocycles. The number of benzene rings is 1. The van der Waals surface area contributed by atoms with Crippen molar-refractivity contribution in [2.45, 2.75) is 25.9 Å². The first kappa shape index (κ1) is 22.4. The Morgan fingerprint density at radius 3 is 2.55 bits per heavy atom. The lowest BCUT2D eigenvalue weighted by Crippen LogP contribution is -2.49. The van der Waals surface area contributed by atoms with Crippen molar-refractivity contribution in [3.8, 4) is 12.1 Å². The van der Waals surface area contributed by atoms with Crippen molar-refractivity contribution >= 4 is 16.7 Å². The summed E-state index contributed by atoms with van der Waals surface area (Å²) in [6.07, 6.45) is 0.832. The van der Waals surface area contributed by atoms with Crippen molar-refractivity contribution in [3.05, 3.63) is 69.4 Å². The number of halogens is 1. The Hall–Kier alpha value is -3.75. The molecule has 168 valence electrons. The zero-order chi connectivity index (χ0) is 23.7. The van der Waals surface area contributed by atoms with E-state index in [1.165, 1.54) is 16.7 Å². The molecule has 7 nitrogen and oxygen atoms in total. The van der Waals surface area contributed by atoms with Crippen molar-refractivity contribution in [3.63, 3.8) is 0 Å². The van der Waals surface area contributed by atoms with Gasteiger partial charge >= 0.3 is 0 Å². The van der Waals surface area contributed by atoms with Gasteiger partial charge in [-0.15, -0.1) is 0 Å². The lowest BCUT2D eigenvalue weighted by Gasteiger charge is -2.42. The second-order valence-electron chi connectivity index (χ2n) is 8.70. The highest BCUT2D eigenvalue weighted by atomic mass is 19.1. The number of hydrogen-bond acceptors (Lipinski definition) is 6.